The molecular weight excluding hydrogens is 222 g/mol. The van der Waals surface area contributed by atoms with E-state index >= 15 is 0 Å². The van der Waals surface area contributed by atoms with Crippen LogP contribution in [0.15, 0.2) is 48.5 Å². The highest BCUT2D eigenvalue weighted by Crippen LogP contribution is 1.95. The largest absolute Gasteiger partial charge is 0.207 e. The van der Waals surface area contributed by atoms with Gasteiger partial charge in [0.2, 0.25) is 0 Å². The molecule has 0 radical (unpaired) electrons. The number of hydrogen-bond acceptors (Lipinski definition) is 0. The highest BCUT2D eigenvalue weighted by atomic mass is 28.2. The van der Waals surface area contributed by atoms with Crippen LogP contribution < -0.4 is 10.4 Å². The highest BCUT2D eigenvalue weighted by Gasteiger charge is 2.03. The van der Waals surface area contributed by atoms with Gasteiger partial charge in [0.15, 0.2) is 0 Å². The molecule has 0 aliphatic rings. The Balaban J connectivity index is 2.32. The second kappa shape index (κ2) is 4.49. The van der Waals surface area contributed by atoms with Crippen LogP contribution in [0.1, 0.15) is 0 Å². The van der Waals surface area contributed by atoms with E-state index in [1.807, 2.05) is 0 Å². The van der Waals surface area contributed by atoms with Gasteiger partial charge in [-0.15, -0.1) is 6.17 Å². The van der Waals surface area contributed by atoms with Gasteiger partial charge in [-0.3, -0.25) is 0 Å². The van der Waals surface area contributed by atoms with Gasteiger partial charge in [-0.25, -0.2) is 8.78 Å². The third-order valence-corrected chi connectivity index (χ3v) is 4.45. The molecule has 2 aromatic rings. The zero-order chi connectivity index (χ0) is 11.5. The highest BCUT2D eigenvalue weighted by molar-refractivity contribution is 6.86. The fraction of sp³-hybridized carbons (Fsp3) is 0. The number of hydrogen-bond donors (Lipinski definition) is 0. The lowest BCUT2D eigenvalue weighted by Gasteiger charge is -2.04. The van der Waals surface area contributed by atoms with Crippen molar-refractivity contribution in [2.45, 2.75) is 0 Å². The Morgan fingerprint density at radius 1 is 0.688 bits per heavy atom. The number of halogens is 2. The molecule has 80 valence electrons. The summed E-state index contributed by atoms with van der Waals surface area (Å²) in [5.74, 6) is -0.504. The standard InChI is InChI=1S/C13H10F2Si/c1-16(12-6-2-10(14)3-7-12)13-8-4-11(15)5-9-13/h2-9H,1H2. The van der Waals surface area contributed by atoms with Crippen LogP contribution in [-0.2, 0) is 0 Å². The van der Waals surface area contributed by atoms with Crippen LogP contribution in [0.2, 0.25) is 0 Å². The van der Waals surface area contributed by atoms with Crippen LogP contribution in [0, 0.1) is 11.6 Å². The topological polar surface area (TPSA) is 0 Å². The lowest BCUT2D eigenvalue weighted by atomic mass is 10.3. The maximum Gasteiger partial charge on any atom is 0.123 e. The third kappa shape index (κ3) is 2.31. The summed E-state index contributed by atoms with van der Waals surface area (Å²) in [5, 5.41) is 2.02. The number of rotatable bonds is 2. The summed E-state index contributed by atoms with van der Waals surface area (Å²) in [6.45, 7) is 0. The van der Waals surface area contributed by atoms with E-state index in [0.717, 1.165) is 10.4 Å². The van der Waals surface area contributed by atoms with E-state index in [9.17, 15) is 8.78 Å². The van der Waals surface area contributed by atoms with Gasteiger partial charge in [0.05, 0.1) is 8.41 Å². The van der Waals surface area contributed by atoms with Gasteiger partial charge in [-0.05, 0) is 34.6 Å². The SMILES string of the molecule is C=[Si](c1ccc(F)cc1)c1ccc(F)cc1. The smallest absolute Gasteiger partial charge is 0.123 e. The molecule has 0 heterocycles. The molecular formula is C13H10F2Si. The molecule has 2 aromatic carbocycles. The van der Waals surface area contributed by atoms with Crippen molar-refractivity contribution in [1.29, 1.82) is 0 Å². The minimum atomic E-state index is -1.16. The Bertz CT molecular complexity index is 453. The van der Waals surface area contributed by atoms with Crippen LogP contribution in [0.4, 0.5) is 8.78 Å². The normalized spacial score (nSPS) is 10.1. The first kappa shape index (κ1) is 10.9. The summed E-state index contributed by atoms with van der Waals surface area (Å²) in [5.41, 5.74) is 0. The summed E-state index contributed by atoms with van der Waals surface area (Å²) in [6, 6.07) is 12.6. The maximum absolute atomic E-state index is 12.7. The average molecular weight is 232 g/mol. The van der Waals surface area contributed by atoms with Crippen LogP contribution in [0.25, 0.3) is 0 Å². The Morgan fingerprint density at radius 2 is 1.00 bits per heavy atom. The molecule has 0 unspecified atom stereocenters. The van der Waals surface area contributed by atoms with Crippen LogP contribution in [0.3, 0.4) is 0 Å². The maximum atomic E-state index is 12.7. The molecule has 0 nitrogen and oxygen atoms in total. The molecule has 0 atom stereocenters. The average Bonchev–Trinajstić information content (AvgIpc) is 2.30. The Labute approximate surface area is 94.4 Å². The Kier molecular flexibility index (Phi) is 3.06. The van der Waals surface area contributed by atoms with E-state index < -0.39 is 8.41 Å². The second-order valence-electron chi connectivity index (χ2n) is 3.49. The van der Waals surface area contributed by atoms with E-state index in [2.05, 4.69) is 6.17 Å². The first-order valence-electron chi connectivity index (χ1n) is 4.87. The zero-order valence-corrected chi connectivity index (χ0v) is 9.58. The van der Waals surface area contributed by atoms with Crippen molar-refractivity contribution in [3.63, 3.8) is 0 Å². The Morgan fingerprint density at radius 3 is 1.31 bits per heavy atom. The first-order chi connectivity index (χ1) is 7.66. The van der Waals surface area contributed by atoms with Gasteiger partial charge < -0.3 is 0 Å². The minimum absolute atomic E-state index is 0.252. The molecule has 0 amide bonds. The summed E-state index contributed by atoms with van der Waals surface area (Å²) in [7, 11) is -1.16. The van der Waals surface area contributed by atoms with Crippen LogP contribution in [0.5, 0.6) is 0 Å². The van der Waals surface area contributed by atoms with Gasteiger partial charge in [0.1, 0.15) is 11.6 Å². The van der Waals surface area contributed by atoms with Gasteiger partial charge in [-0.1, -0.05) is 24.3 Å². The lowest BCUT2D eigenvalue weighted by molar-refractivity contribution is 0.628. The fourth-order valence-corrected chi connectivity index (χ4v) is 2.94. The molecule has 0 aromatic heterocycles. The van der Waals surface area contributed by atoms with Crippen molar-refractivity contribution in [1.82, 2.24) is 0 Å². The molecule has 0 saturated heterocycles. The fourth-order valence-electron chi connectivity index (χ4n) is 1.47. The van der Waals surface area contributed by atoms with Gasteiger partial charge in [0.25, 0.3) is 0 Å². The molecule has 0 aliphatic carbocycles. The molecule has 0 fully saturated rings. The zero-order valence-electron chi connectivity index (χ0n) is 8.58. The summed E-state index contributed by atoms with van der Waals surface area (Å²) in [6.07, 6.45) is 4.09. The van der Waals surface area contributed by atoms with Crippen LogP contribution in [-0.4, -0.2) is 14.6 Å². The van der Waals surface area contributed by atoms with E-state index in [1.165, 1.54) is 24.3 Å². The van der Waals surface area contributed by atoms with Crippen molar-refractivity contribution in [3.8, 4) is 0 Å². The summed E-state index contributed by atoms with van der Waals surface area (Å²) in [4.78, 5) is 0. The van der Waals surface area contributed by atoms with Gasteiger partial charge in [0, 0.05) is 0 Å². The van der Waals surface area contributed by atoms with E-state index in [1.54, 1.807) is 24.3 Å². The Hall–Kier alpha value is -1.61. The minimum Gasteiger partial charge on any atom is -0.207 e. The monoisotopic (exact) mass is 232 g/mol. The van der Waals surface area contributed by atoms with Crippen molar-refractivity contribution < 1.29 is 8.78 Å². The molecule has 2 rings (SSSR count). The van der Waals surface area contributed by atoms with E-state index in [4.69, 9.17) is 0 Å². The molecule has 3 heteroatoms. The van der Waals surface area contributed by atoms with Crippen molar-refractivity contribution in [3.05, 3.63) is 60.2 Å². The van der Waals surface area contributed by atoms with Crippen molar-refractivity contribution in [2.24, 2.45) is 0 Å². The third-order valence-electron chi connectivity index (χ3n) is 2.39. The number of benzene rings is 2. The predicted molar refractivity (Wildman–Crippen MR) is 64.9 cm³/mol. The van der Waals surface area contributed by atoms with Gasteiger partial charge in [-0.2, -0.15) is 0 Å². The summed E-state index contributed by atoms with van der Waals surface area (Å²) < 4.78 is 25.5. The molecule has 0 spiro atoms. The van der Waals surface area contributed by atoms with Crippen LogP contribution >= 0.6 is 0 Å². The van der Waals surface area contributed by atoms with Crippen molar-refractivity contribution in [2.75, 3.05) is 0 Å². The van der Waals surface area contributed by atoms with E-state index in [-0.39, 0.29) is 11.6 Å². The molecule has 0 bridgehead atoms. The lowest BCUT2D eigenvalue weighted by Crippen LogP contribution is -2.34. The molecule has 0 N–H and O–H groups in total. The van der Waals surface area contributed by atoms with Crippen molar-refractivity contribution >= 4 is 25.0 Å². The predicted octanol–water partition coefficient (Wildman–Crippen LogP) is 1.59. The summed E-state index contributed by atoms with van der Waals surface area (Å²) >= 11 is 0. The first-order valence-corrected chi connectivity index (χ1v) is 6.58. The van der Waals surface area contributed by atoms with Gasteiger partial charge >= 0.3 is 0 Å². The second-order valence-corrected chi connectivity index (χ2v) is 5.60. The quantitative estimate of drug-likeness (QED) is 0.690. The molecule has 0 aliphatic heterocycles. The van der Waals surface area contributed by atoms with E-state index in [0.29, 0.717) is 0 Å². The molecule has 0 saturated carbocycles. The molecule has 16 heavy (non-hydrogen) atoms.